The Morgan fingerprint density at radius 2 is 2.06 bits per heavy atom. The van der Waals surface area contributed by atoms with Crippen LogP contribution in [-0.4, -0.2) is 6.61 Å². The molecule has 0 heterocycles. The quantitative estimate of drug-likeness (QED) is 0.500. The molecule has 0 aliphatic rings. The molecule has 0 spiro atoms. The van der Waals surface area contributed by atoms with Gasteiger partial charge in [0.2, 0.25) is 0 Å². The molecule has 0 fully saturated rings. The Balaban J connectivity index is 2.41. The maximum Gasteiger partial charge on any atom is 0.123 e. The molecule has 0 radical (unpaired) electrons. The van der Waals surface area contributed by atoms with E-state index >= 15 is 0 Å². The molecule has 0 unspecified atom stereocenters. The van der Waals surface area contributed by atoms with Gasteiger partial charge in [0.1, 0.15) is 5.75 Å². The molecule has 16 heavy (non-hydrogen) atoms. The Labute approximate surface area is 111 Å². The van der Waals surface area contributed by atoms with Gasteiger partial charge in [0.15, 0.2) is 0 Å². The van der Waals surface area contributed by atoms with E-state index in [9.17, 15) is 0 Å². The van der Waals surface area contributed by atoms with Gasteiger partial charge in [0.25, 0.3) is 0 Å². The first-order valence-electron chi connectivity index (χ1n) is 5.75. The van der Waals surface area contributed by atoms with Gasteiger partial charge in [-0.15, -0.1) is 11.6 Å². The molecule has 0 saturated carbocycles. The van der Waals surface area contributed by atoms with Gasteiger partial charge in [-0.05, 0) is 24.6 Å². The lowest BCUT2D eigenvalue weighted by Gasteiger charge is -2.10. The number of hydrogen-bond acceptors (Lipinski definition) is 1. The van der Waals surface area contributed by atoms with Gasteiger partial charge in [-0.25, -0.2) is 0 Å². The normalized spacial score (nSPS) is 10.4. The third-order valence-corrected chi connectivity index (χ3v) is 3.20. The van der Waals surface area contributed by atoms with Crippen molar-refractivity contribution in [2.24, 2.45) is 0 Å². The molecule has 90 valence electrons. The van der Waals surface area contributed by atoms with E-state index in [1.165, 1.54) is 19.3 Å². The molecule has 0 N–H and O–H groups in total. The van der Waals surface area contributed by atoms with Crippen molar-refractivity contribution in [3.63, 3.8) is 0 Å². The standard InChI is InChI=1S/C13H18BrClO/c1-2-3-4-5-8-16-13-7-6-12(14)9-11(13)10-15/h6-7,9H,2-5,8,10H2,1H3. The lowest BCUT2D eigenvalue weighted by molar-refractivity contribution is 0.303. The van der Waals surface area contributed by atoms with E-state index in [0.29, 0.717) is 5.88 Å². The summed E-state index contributed by atoms with van der Waals surface area (Å²) in [5.74, 6) is 1.40. The van der Waals surface area contributed by atoms with E-state index in [2.05, 4.69) is 22.9 Å². The second kappa shape index (κ2) is 7.97. The summed E-state index contributed by atoms with van der Waals surface area (Å²) in [6.07, 6.45) is 4.89. The smallest absolute Gasteiger partial charge is 0.123 e. The summed E-state index contributed by atoms with van der Waals surface area (Å²) in [6, 6.07) is 5.97. The second-order valence-corrected chi connectivity index (χ2v) is 4.98. The number of rotatable bonds is 7. The minimum Gasteiger partial charge on any atom is -0.493 e. The van der Waals surface area contributed by atoms with Gasteiger partial charge in [-0.1, -0.05) is 42.1 Å². The monoisotopic (exact) mass is 304 g/mol. The fourth-order valence-electron chi connectivity index (χ4n) is 1.50. The number of ether oxygens (including phenoxy) is 1. The summed E-state index contributed by atoms with van der Waals surface area (Å²) in [5, 5.41) is 0. The number of unbranched alkanes of at least 4 members (excludes halogenated alkanes) is 3. The highest BCUT2D eigenvalue weighted by atomic mass is 79.9. The van der Waals surface area contributed by atoms with Gasteiger partial charge in [-0.2, -0.15) is 0 Å². The summed E-state index contributed by atoms with van der Waals surface area (Å²) in [7, 11) is 0. The van der Waals surface area contributed by atoms with E-state index in [1.807, 2.05) is 18.2 Å². The molecular weight excluding hydrogens is 287 g/mol. The fourth-order valence-corrected chi connectivity index (χ4v) is 2.12. The summed E-state index contributed by atoms with van der Waals surface area (Å²) >= 11 is 9.29. The predicted octanol–water partition coefficient (Wildman–Crippen LogP) is 5.15. The Morgan fingerprint density at radius 3 is 2.75 bits per heavy atom. The minimum atomic E-state index is 0.490. The van der Waals surface area contributed by atoms with E-state index in [0.717, 1.165) is 28.8 Å². The highest BCUT2D eigenvalue weighted by Gasteiger charge is 2.03. The van der Waals surface area contributed by atoms with Gasteiger partial charge in [0.05, 0.1) is 12.5 Å². The Bertz CT molecular complexity index is 315. The van der Waals surface area contributed by atoms with E-state index in [1.54, 1.807) is 0 Å². The minimum absolute atomic E-state index is 0.490. The molecule has 1 rings (SSSR count). The zero-order valence-corrected chi connectivity index (χ0v) is 12.0. The van der Waals surface area contributed by atoms with Crippen LogP contribution in [0.5, 0.6) is 5.75 Å². The average Bonchev–Trinajstić information content (AvgIpc) is 2.30. The number of benzene rings is 1. The molecule has 0 aliphatic heterocycles. The largest absolute Gasteiger partial charge is 0.493 e. The van der Waals surface area contributed by atoms with Gasteiger partial charge in [0, 0.05) is 10.0 Å². The molecule has 1 aromatic carbocycles. The van der Waals surface area contributed by atoms with E-state index < -0.39 is 0 Å². The Hall–Kier alpha value is -0.210. The molecule has 0 amide bonds. The van der Waals surface area contributed by atoms with Crippen LogP contribution in [0.2, 0.25) is 0 Å². The lowest BCUT2D eigenvalue weighted by atomic mass is 10.2. The molecule has 3 heteroatoms. The van der Waals surface area contributed by atoms with Crippen molar-refractivity contribution in [2.45, 2.75) is 38.5 Å². The van der Waals surface area contributed by atoms with Crippen LogP contribution in [-0.2, 0) is 5.88 Å². The number of hydrogen-bond donors (Lipinski definition) is 0. The van der Waals surface area contributed by atoms with Crippen LogP contribution >= 0.6 is 27.5 Å². The van der Waals surface area contributed by atoms with Crippen molar-refractivity contribution in [3.05, 3.63) is 28.2 Å². The molecule has 0 saturated heterocycles. The predicted molar refractivity (Wildman–Crippen MR) is 73.3 cm³/mol. The van der Waals surface area contributed by atoms with Crippen molar-refractivity contribution in [1.82, 2.24) is 0 Å². The van der Waals surface area contributed by atoms with Crippen LogP contribution < -0.4 is 4.74 Å². The molecule has 1 nitrogen and oxygen atoms in total. The summed E-state index contributed by atoms with van der Waals surface area (Å²) in [4.78, 5) is 0. The first-order chi connectivity index (χ1) is 7.77. The van der Waals surface area contributed by atoms with Crippen LogP contribution in [0.25, 0.3) is 0 Å². The molecule has 0 bridgehead atoms. The van der Waals surface area contributed by atoms with Crippen LogP contribution in [0.3, 0.4) is 0 Å². The third-order valence-electron chi connectivity index (χ3n) is 2.42. The van der Waals surface area contributed by atoms with Crippen molar-refractivity contribution >= 4 is 27.5 Å². The average molecular weight is 306 g/mol. The fraction of sp³-hybridized carbons (Fsp3) is 0.538. The maximum atomic E-state index is 5.87. The SMILES string of the molecule is CCCCCCOc1ccc(Br)cc1CCl. The first-order valence-corrected chi connectivity index (χ1v) is 7.08. The number of halogens is 2. The van der Waals surface area contributed by atoms with Crippen molar-refractivity contribution in [1.29, 1.82) is 0 Å². The van der Waals surface area contributed by atoms with Crippen molar-refractivity contribution in [3.8, 4) is 5.75 Å². The number of alkyl halides is 1. The van der Waals surface area contributed by atoms with Crippen LogP contribution in [0.4, 0.5) is 0 Å². The van der Waals surface area contributed by atoms with Crippen molar-refractivity contribution in [2.75, 3.05) is 6.61 Å². The second-order valence-electron chi connectivity index (χ2n) is 3.79. The molecule has 0 atom stereocenters. The van der Waals surface area contributed by atoms with Crippen LogP contribution in [0.1, 0.15) is 38.2 Å². The van der Waals surface area contributed by atoms with Gasteiger partial charge < -0.3 is 4.74 Å². The Kier molecular flexibility index (Phi) is 6.90. The highest BCUT2D eigenvalue weighted by Crippen LogP contribution is 2.24. The Morgan fingerprint density at radius 1 is 1.25 bits per heavy atom. The van der Waals surface area contributed by atoms with Gasteiger partial charge in [-0.3, -0.25) is 0 Å². The molecule has 0 aliphatic carbocycles. The molecule has 0 aromatic heterocycles. The van der Waals surface area contributed by atoms with Crippen molar-refractivity contribution < 1.29 is 4.74 Å². The van der Waals surface area contributed by atoms with Crippen LogP contribution in [0.15, 0.2) is 22.7 Å². The molecule has 1 aromatic rings. The topological polar surface area (TPSA) is 9.23 Å². The zero-order valence-electron chi connectivity index (χ0n) is 9.64. The van der Waals surface area contributed by atoms with Crippen LogP contribution in [0, 0.1) is 0 Å². The van der Waals surface area contributed by atoms with E-state index in [-0.39, 0.29) is 0 Å². The van der Waals surface area contributed by atoms with Gasteiger partial charge >= 0.3 is 0 Å². The lowest BCUT2D eigenvalue weighted by Crippen LogP contribution is -1.99. The summed E-state index contributed by atoms with van der Waals surface area (Å²) in [5.41, 5.74) is 1.05. The summed E-state index contributed by atoms with van der Waals surface area (Å²) in [6.45, 7) is 2.99. The third kappa shape index (κ3) is 4.75. The zero-order chi connectivity index (χ0) is 11.8. The highest BCUT2D eigenvalue weighted by molar-refractivity contribution is 9.10. The van der Waals surface area contributed by atoms with E-state index in [4.69, 9.17) is 16.3 Å². The molecular formula is C13H18BrClO. The summed E-state index contributed by atoms with van der Waals surface area (Å²) < 4.78 is 6.77. The first kappa shape index (κ1) is 13.9. The maximum absolute atomic E-state index is 5.87.